The van der Waals surface area contributed by atoms with Crippen LogP contribution in [0.3, 0.4) is 0 Å². The van der Waals surface area contributed by atoms with Crippen LogP contribution >= 0.6 is 0 Å². The molecule has 4 nitrogen and oxygen atoms in total. The summed E-state index contributed by atoms with van der Waals surface area (Å²) in [5.41, 5.74) is 3.30. The molecule has 0 spiro atoms. The second-order valence-corrected chi connectivity index (χ2v) is 7.12. The van der Waals surface area contributed by atoms with E-state index in [9.17, 15) is 9.59 Å². The van der Waals surface area contributed by atoms with Gasteiger partial charge in [0.1, 0.15) is 0 Å². The van der Waals surface area contributed by atoms with E-state index in [1.54, 1.807) is 0 Å². The van der Waals surface area contributed by atoms with Gasteiger partial charge in [0.05, 0.1) is 6.54 Å². The third kappa shape index (κ3) is 5.51. The molecule has 2 aromatic carbocycles. The van der Waals surface area contributed by atoms with E-state index in [4.69, 9.17) is 0 Å². The lowest BCUT2D eigenvalue weighted by atomic mass is 10.1. The highest BCUT2D eigenvalue weighted by Crippen LogP contribution is 2.11. The summed E-state index contributed by atoms with van der Waals surface area (Å²) in [5.74, 6) is 0.356. The lowest BCUT2D eigenvalue weighted by Crippen LogP contribution is -2.49. The first kappa shape index (κ1) is 19.3. The Labute approximate surface area is 161 Å². The molecule has 0 bridgehead atoms. The van der Waals surface area contributed by atoms with Crippen molar-refractivity contribution >= 4 is 11.7 Å². The number of amides is 1. The molecule has 0 N–H and O–H groups in total. The number of carbonyl (C=O) groups excluding carboxylic acids is 2. The Bertz CT molecular complexity index is 748. The lowest BCUT2D eigenvalue weighted by Gasteiger charge is -2.34. The number of ketones is 1. The van der Waals surface area contributed by atoms with Gasteiger partial charge in [0.25, 0.3) is 0 Å². The molecule has 1 aliphatic rings. The molecule has 27 heavy (non-hydrogen) atoms. The summed E-state index contributed by atoms with van der Waals surface area (Å²) in [6.07, 6.45) is 2.38. The monoisotopic (exact) mass is 364 g/mol. The molecule has 0 aromatic heterocycles. The highest BCUT2D eigenvalue weighted by atomic mass is 16.2. The van der Waals surface area contributed by atoms with Crippen LogP contribution < -0.4 is 0 Å². The van der Waals surface area contributed by atoms with Crippen molar-refractivity contribution in [1.82, 2.24) is 9.80 Å². The van der Waals surface area contributed by atoms with Crippen LogP contribution in [-0.4, -0.2) is 54.2 Å². The van der Waals surface area contributed by atoms with Crippen molar-refractivity contribution in [1.29, 1.82) is 0 Å². The first-order valence-corrected chi connectivity index (χ1v) is 9.82. The molecule has 1 heterocycles. The molecule has 1 amide bonds. The molecule has 1 aliphatic heterocycles. The molecule has 4 heteroatoms. The van der Waals surface area contributed by atoms with Crippen LogP contribution in [0.2, 0.25) is 0 Å². The molecule has 142 valence electrons. The van der Waals surface area contributed by atoms with Crippen molar-refractivity contribution < 1.29 is 9.59 Å². The first-order chi connectivity index (χ1) is 13.2. The van der Waals surface area contributed by atoms with E-state index in [1.807, 2.05) is 35.2 Å². The van der Waals surface area contributed by atoms with Crippen molar-refractivity contribution in [2.75, 3.05) is 32.7 Å². The van der Waals surface area contributed by atoms with Gasteiger partial charge < -0.3 is 4.90 Å². The number of rotatable bonds is 7. The fraction of sp³-hybridized carbons (Fsp3) is 0.391. The fourth-order valence-electron chi connectivity index (χ4n) is 3.42. The zero-order chi connectivity index (χ0) is 19.1. The number of carbonyl (C=O) groups is 2. The maximum absolute atomic E-state index is 12.5. The number of Topliss-reactive ketones (excluding diaryl/α,β-unsaturated/α-hetero) is 1. The number of nitrogens with zero attached hydrogens (tertiary/aromatic N) is 2. The van der Waals surface area contributed by atoms with Gasteiger partial charge in [0.15, 0.2) is 5.78 Å². The van der Waals surface area contributed by atoms with E-state index < -0.39 is 0 Å². The van der Waals surface area contributed by atoms with Gasteiger partial charge in [-0.05, 0) is 24.0 Å². The third-order valence-corrected chi connectivity index (χ3v) is 5.25. The van der Waals surface area contributed by atoms with E-state index in [1.165, 1.54) is 11.1 Å². The molecule has 2 aromatic rings. The van der Waals surface area contributed by atoms with Crippen molar-refractivity contribution in [2.24, 2.45) is 0 Å². The van der Waals surface area contributed by atoms with Gasteiger partial charge in [0, 0.05) is 38.2 Å². The molecule has 0 saturated carbocycles. The average Bonchev–Trinajstić information content (AvgIpc) is 2.73. The van der Waals surface area contributed by atoms with Crippen LogP contribution in [0.4, 0.5) is 0 Å². The van der Waals surface area contributed by atoms with E-state index in [-0.39, 0.29) is 11.7 Å². The summed E-state index contributed by atoms with van der Waals surface area (Å²) in [5, 5.41) is 0. The number of piperazine rings is 1. The summed E-state index contributed by atoms with van der Waals surface area (Å²) >= 11 is 0. The predicted octanol–water partition coefficient (Wildman–Crippen LogP) is 3.21. The summed E-state index contributed by atoms with van der Waals surface area (Å²) in [6, 6.07) is 17.9. The molecule has 0 aliphatic carbocycles. The molecular formula is C23H28N2O2. The zero-order valence-corrected chi connectivity index (χ0v) is 16.1. The quantitative estimate of drug-likeness (QED) is 0.709. The molecule has 0 unspecified atom stereocenters. The summed E-state index contributed by atoms with van der Waals surface area (Å²) in [6.45, 7) is 5.50. The van der Waals surface area contributed by atoms with Crippen LogP contribution in [0, 0.1) is 0 Å². The zero-order valence-electron chi connectivity index (χ0n) is 16.1. The van der Waals surface area contributed by atoms with Crippen molar-refractivity contribution in [3.05, 3.63) is 71.3 Å². The van der Waals surface area contributed by atoms with E-state index >= 15 is 0 Å². The van der Waals surface area contributed by atoms with Crippen molar-refractivity contribution in [3.8, 4) is 0 Å². The second-order valence-electron chi connectivity index (χ2n) is 7.12. The van der Waals surface area contributed by atoms with Gasteiger partial charge >= 0.3 is 0 Å². The Morgan fingerprint density at radius 3 is 2.11 bits per heavy atom. The van der Waals surface area contributed by atoms with Gasteiger partial charge in [-0.3, -0.25) is 14.5 Å². The number of hydrogen-bond acceptors (Lipinski definition) is 3. The van der Waals surface area contributed by atoms with Gasteiger partial charge in [-0.15, -0.1) is 0 Å². The Kier molecular flexibility index (Phi) is 6.77. The molecule has 0 radical (unpaired) electrons. The van der Waals surface area contributed by atoms with Crippen LogP contribution in [-0.2, 0) is 17.6 Å². The normalized spacial score (nSPS) is 14.9. The minimum Gasteiger partial charge on any atom is -0.340 e. The smallest absolute Gasteiger partial charge is 0.222 e. The second kappa shape index (κ2) is 9.47. The summed E-state index contributed by atoms with van der Waals surface area (Å²) in [7, 11) is 0. The minimum atomic E-state index is 0.144. The van der Waals surface area contributed by atoms with Crippen LogP contribution in [0.5, 0.6) is 0 Å². The lowest BCUT2D eigenvalue weighted by molar-refractivity contribution is -0.132. The fourth-order valence-corrected chi connectivity index (χ4v) is 3.42. The molecule has 1 fully saturated rings. The number of benzene rings is 2. The van der Waals surface area contributed by atoms with Gasteiger partial charge in [0.2, 0.25) is 5.91 Å². The van der Waals surface area contributed by atoms with Crippen LogP contribution in [0.25, 0.3) is 0 Å². The Balaban J connectivity index is 1.41. The average molecular weight is 364 g/mol. The predicted molar refractivity (Wildman–Crippen MR) is 108 cm³/mol. The first-order valence-electron chi connectivity index (χ1n) is 9.82. The van der Waals surface area contributed by atoms with E-state index in [0.717, 1.165) is 31.5 Å². The molecule has 1 saturated heterocycles. The Hall–Kier alpha value is -2.46. The molecule has 3 rings (SSSR count). The standard InChI is InChI=1S/C23H28N2O2/c1-2-19-8-10-20(11-9-19)12-13-23(27)25-16-14-24(15-17-25)18-22(26)21-6-4-3-5-7-21/h3-11H,2,12-18H2,1H3. The topological polar surface area (TPSA) is 40.6 Å². The van der Waals surface area contributed by atoms with Crippen LogP contribution in [0.15, 0.2) is 54.6 Å². The van der Waals surface area contributed by atoms with Gasteiger partial charge in [-0.2, -0.15) is 0 Å². The Morgan fingerprint density at radius 2 is 1.48 bits per heavy atom. The van der Waals surface area contributed by atoms with Crippen molar-refractivity contribution in [3.63, 3.8) is 0 Å². The van der Waals surface area contributed by atoms with Crippen LogP contribution in [0.1, 0.15) is 34.8 Å². The maximum Gasteiger partial charge on any atom is 0.222 e. The highest BCUT2D eigenvalue weighted by molar-refractivity contribution is 5.97. The minimum absolute atomic E-state index is 0.144. The number of aryl methyl sites for hydroxylation is 2. The summed E-state index contributed by atoms with van der Waals surface area (Å²) in [4.78, 5) is 28.9. The molecule has 0 atom stereocenters. The Morgan fingerprint density at radius 1 is 0.852 bits per heavy atom. The maximum atomic E-state index is 12.5. The van der Waals surface area contributed by atoms with E-state index in [0.29, 0.717) is 26.1 Å². The number of hydrogen-bond donors (Lipinski definition) is 0. The SMILES string of the molecule is CCc1ccc(CCC(=O)N2CCN(CC(=O)c3ccccc3)CC2)cc1. The van der Waals surface area contributed by atoms with Crippen molar-refractivity contribution in [2.45, 2.75) is 26.2 Å². The largest absolute Gasteiger partial charge is 0.340 e. The van der Waals surface area contributed by atoms with Gasteiger partial charge in [-0.1, -0.05) is 61.5 Å². The third-order valence-electron chi connectivity index (χ3n) is 5.25. The summed E-state index contributed by atoms with van der Waals surface area (Å²) < 4.78 is 0. The van der Waals surface area contributed by atoms with E-state index in [2.05, 4.69) is 36.1 Å². The highest BCUT2D eigenvalue weighted by Gasteiger charge is 2.22. The van der Waals surface area contributed by atoms with Gasteiger partial charge in [-0.25, -0.2) is 0 Å². The molecular weight excluding hydrogens is 336 g/mol.